The second-order valence-electron chi connectivity index (χ2n) is 6.18. The first kappa shape index (κ1) is 12.1. The summed E-state index contributed by atoms with van der Waals surface area (Å²) in [7, 11) is 0. The van der Waals surface area contributed by atoms with E-state index in [-0.39, 0.29) is 0 Å². The first-order chi connectivity index (χ1) is 9.83. The molecule has 106 valence electrons. The molecule has 1 saturated heterocycles. The molecule has 5 heteroatoms. The first-order valence-electron chi connectivity index (χ1n) is 7.77. The lowest BCUT2D eigenvalue weighted by molar-refractivity contribution is 0.242. The second-order valence-corrected chi connectivity index (χ2v) is 6.18. The summed E-state index contributed by atoms with van der Waals surface area (Å²) in [5.74, 6) is 2.77. The number of anilines is 1. The fraction of sp³-hybridized carbons (Fsp3) is 0.667. The van der Waals surface area contributed by atoms with Gasteiger partial charge in [-0.2, -0.15) is 14.6 Å². The molecule has 20 heavy (non-hydrogen) atoms. The third kappa shape index (κ3) is 1.87. The zero-order valence-corrected chi connectivity index (χ0v) is 12.0. The molecular weight excluding hydrogens is 250 g/mol. The number of aryl methyl sites for hydroxylation is 1. The van der Waals surface area contributed by atoms with Crippen LogP contribution >= 0.6 is 0 Å². The summed E-state index contributed by atoms with van der Waals surface area (Å²) in [5.41, 5.74) is 1.03. The molecule has 2 aliphatic rings. The van der Waals surface area contributed by atoms with Crippen molar-refractivity contribution < 1.29 is 0 Å². The van der Waals surface area contributed by atoms with Gasteiger partial charge in [0, 0.05) is 24.3 Å². The number of aromatic nitrogens is 4. The summed E-state index contributed by atoms with van der Waals surface area (Å²) >= 11 is 0. The Labute approximate surface area is 119 Å². The van der Waals surface area contributed by atoms with Crippen LogP contribution in [-0.2, 0) is 0 Å². The molecule has 0 radical (unpaired) electrons. The van der Waals surface area contributed by atoms with Gasteiger partial charge < -0.3 is 4.90 Å². The molecule has 0 unspecified atom stereocenters. The van der Waals surface area contributed by atoms with Gasteiger partial charge in [-0.05, 0) is 38.5 Å². The topological polar surface area (TPSA) is 46.3 Å². The molecule has 4 rings (SSSR count). The van der Waals surface area contributed by atoms with Gasteiger partial charge in [0.05, 0.1) is 0 Å². The summed E-state index contributed by atoms with van der Waals surface area (Å²) < 4.78 is 1.91. The van der Waals surface area contributed by atoms with Crippen LogP contribution in [0.5, 0.6) is 0 Å². The third-order valence-electron chi connectivity index (χ3n) is 4.90. The van der Waals surface area contributed by atoms with Crippen LogP contribution < -0.4 is 4.90 Å². The van der Waals surface area contributed by atoms with Crippen molar-refractivity contribution in [3.8, 4) is 0 Å². The predicted molar refractivity (Wildman–Crippen MR) is 77.8 cm³/mol. The van der Waals surface area contributed by atoms with E-state index in [0.717, 1.165) is 23.9 Å². The summed E-state index contributed by atoms with van der Waals surface area (Å²) in [5, 5.41) is 4.37. The van der Waals surface area contributed by atoms with Crippen molar-refractivity contribution in [1.82, 2.24) is 19.6 Å². The van der Waals surface area contributed by atoms with Crippen LogP contribution in [0.15, 0.2) is 12.4 Å². The Morgan fingerprint density at radius 1 is 1.15 bits per heavy atom. The molecule has 2 aromatic rings. The molecule has 1 aliphatic carbocycles. The lowest BCUT2D eigenvalue weighted by Crippen LogP contribution is -2.47. The van der Waals surface area contributed by atoms with Crippen molar-refractivity contribution in [2.24, 2.45) is 5.92 Å². The van der Waals surface area contributed by atoms with Crippen molar-refractivity contribution >= 4 is 11.6 Å². The Bertz CT molecular complexity index is 618. The molecule has 3 heterocycles. The molecule has 0 bridgehead atoms. The third-order valence-corrected chi connectivity index (χ3v) is 4.90. The molecule has 5 nitrogen and oxygen atoms in total. The van der Waals surface area contributed by atoms with Crippen molar-refractivity contribution in [2.45, 2.75) is 51.5 Å². The number of piperidine rings is 1. The Kier molecular flexibility index (Phi) is 2.86. The Morgan fingerprint density at radius 2 is 2.00 bits per heavy atom. The highest BCUT2D eigenvalue weighted by molar-refractivity contribution is 5.48. The molecule has 1 aliphatic heterocycles. The molecule has 1 saturated carbocycles. The summed E-state index contributed by atoms with van der Waals surface area (Å²) in [6.07, 6.45) is 9.78. The Balaban J connectivity index is 1.79. The van der Waals surface area contributed by atoms with Gasteiger partial charge in [-0.15, -0.1) is 0 Å². The van der Waals surface area contributed by atoms with Gasteiger partial charge in [0.15, 0.2) is 0 Å². The van der Waals surface area contributed by atoms with E-state index in [1.807, 2.05) is 11.4 Å². The molecule has 0 N–H and O–H groups in total. The normalized spacial score (nSPS) is 26.8. The lowest BCUT2D eigenvalue weighted by atomic mass is 9.78. The molecule has 0 amide bonds. The molecule has 0 spiro atoms. The quantitative estimate of drug-likeness (QED) is 0.800. The highest BCUT2D eigenvalue weighted by Gasteiger charge is 2.34. The Hall–Kier alpha value is -1.65. The fourth-order valence-electron chi connectivity index (χ4n) is 4.03. The van der Waals surface area contributed by atoms with Crippen LogP contribution in [0, 0.1) is 12.8 Å². The standard InChI is InChI=1S/C15H21N5/c1-11-9-14(20-15(18-11)16-10-17-20)19-8-4-6-12-5-2-3-7-13(12)19/h9-10,12-13H,2-8H2,1H3/t12-,13-/m0/s1. The molecule has 2 fully saturated rings. The average Bonchev–Trinajstić information content (AvgIpc) is 2.94. The molecule has 2 atom stereocenters. The van der Waals surface area contributed by atoms with E-state index < -0.39 is 0 Å². The predicted octanol–water partition coefficient (Wildman–Crippen LogP) is 2.59. The lowest BCUT2D eigenvalue weighted by Gasteiger charge is -2.45. The van der Waals surface area contributed by atoms with E-state index in [1.54, 1.807) is 6.33 Å². The monoisotopic (exact) mass is 271 g/mol. The zero-order chi connectivity index (χ0) is 13.5. The molecular formula is C15H21N5. The number of fused-ring (bicyclic) bond motifs is 2. The average molecular weight is 271 g/mol. The summed E-state index contributed by atoms with van der Waals surface area (Å²) in [4.78, 5) is 11.3. The van der Waals surface area contributed by atoms with Crippen LogP contribution in [0.2, 0.25) is 0 Å². The maximum absolute atomic E-state index is 4.46. The van der Waals surface area contributed by atoms with Gasteiger partial charge in [0.1, 0.15) is 12.1 Å². The molecule has 2 aromatic heterocycles. The zero-order valence-electron chi connectivity index (χ0n) is 12.0. The van der Waals surface area contributed by atoms with E-state index in [1.165, 1.54) is 44.3 Å². The fourth-order valence-corrected chi connectivity index (χ4v) is 4.03. The van der Waals surface area contributed by atoms with Crippen molar-refractivity contribution in [2.75, 3.05) is 11.4 Å². The maximum atomic E-state index is 4.46. The van der Waals surface area contributed by atoms with Crippen LogP contribution in [0.3, 0.4) is 0 Å². The Morgan fingerprint density at radius 3 is 2.95 bits per heavy atom. The SMILES string of the molecule is Cc1cc(N2CCC[C@@H]3CCCC[C@@H]32)n2ncnc2n1. The van der Waals surface area contributed by atoms with Crippen LogP contribution in [0.4, 0.5) is 5.82 Å². The van der Waals surface area contributed by atoms with Gasteiger partial charge in [0.2, 0.25) is 0 Å². The van der Waals surface area contributed by atoms with Gasteiger partial charge >= 0.3 is 0 Å². The minimum atomic E-state index is 0.687. The summed E-state index contributed by atoms with van der Waals surface area (Å²) in [6, 6.07) is 2.85. The minimum absolute atomic E-state index is 0.687. The van der Waals surface area contributed by atoms with Gasteiger partial charge in [0.25, 0.3) is 5.78 Å². The van der Waals surface area contributed by atoms with E-state index in [4.69, 9.17) is 0 Å². The number of rotatable bonds is 1. The van der Waals surface area contributed by atoms with E-state index in [2.05, 4.69) is 26.0 Å². The number of nitrogens with zero attached hydrogens (tertiary/aromatic N) is 5. The maximum Gasteiger partial charge on any atom is 0.254 e. The van der Waals surface area contributed by atoms with Crippen molar-refractivity contribution in [3.05, 3.63) is 18.1 Å². The highest BCUT2D eigenvalue weighted by Crippen LogP contribution is 2.37. The minimum Gasteiger partial charge on any atom is -0.353 e. The first-order valence-corrected chi connectivity index (χ1v) is 7.77. The van der Waals surface area contributed by atoms with E-state index in [0.29, 0.717) is 6.04 Å². The van der Waals surface area contributed by atoms with Gasteiger partial charge in [-0.25, -0.2) is 4.98 Å². The molecule has 0 aromatic carbocycles. The van der Waals surface area contributed by atoms with Crippen LogP contribution in [-0.4, -0.2) is 32.2 Å². The van der Waals surface area contributed by atoms with Gasteiger partial charge in [-0.3, -0.25) is 0 Å². The van der Waals surface area contributed by atoms with E-state index in [9.17, 15) is 0 Å². The highest BCUT2D eigenvalue weighted by atomic mass is 15.4. The van der Waals surface area contributed by atoms with Crippen molar-refractivity contribution in [3.63, 3.8) is 0 Å². The number of hydrogen-bond donors (Lipinski definition) is 0. The number of hydrogen-bond acceptors (Lipinski definition) is 4. The second kappa shape index (κ2) is 4.72. The van der Waals surface area contributed by atoms with Crippen LogP contribution in [0.1, 0.15) is 44.2 Å². The van der Waals surface area contributed by atoms with Crippen LogP contribution in [0.25, 0.3) is 5.78 Å². The largest absolute Gasteiger partial charge is 0.353 e. The van der Waals surface area contributed by atoms with Gasteiger partial charge in [-0.1, -0.05) is 12.8 Å². The smallest absolute Gasteiger partial charge is 0.254 e. The van der Waals surface area contributed by atoms with Crippen molar-refractivity contribution in [1.29, 1.82) is 0 Å². The van der Waals surface area contributed by atoms with E-state index >= 15 is 0 Å². The summed E-state index contributed by atoms with van der Waals surface area (Å²) in [6.45, 7) is 3.18.